The minimum absolute atomic E-state index is 0.0586. The van der Waals surface area contributed by atoms with E-state index in [1.54, 1.807) is 0 Å². The Hall–Kier alpha value is -3.84. The fourth-order valence-electron chi connectivity index (χ4n) is 2.65. The van der Waals surface area contributed by atoms with Crippen molar-refractivity contribution >= 4 is 44.9 Å². The molecule has 0 fully saturated rings. The first-order valence-electron chi connectivity index (χ1n) is 9.56. The van der Waals surface area contributed by atoms with Gasteiger partial charge in [0.1, 0.15) is 0 Å². The van der Waals surface area contributed by atoms with E-state index in [-0.39, 0.29) is 40.7 Å². The van der Waals surface area contributed by atoms with Crippen molar-refractivity contribution in [1.29, 1.82) is 0 Å². The molecule has 2 aromatic carbocycles. The maximum Gasteiger partial charge on any atom is 0.307 e. The van der Waals surface area contributed by atoms with Gasteiger partial charge in [-0.2, -0.15) is 0 Å². The van der Waals surface area contributed by atoms with Gasteiger partial charge in [0.15, 0.2) is 6.61 Å². The SMILES string of the molecule is CC(=O)Nc1ccc(S(=O)(=O)NCCC(=O)OCC(=O)Nc2cccc([N+](=O)[O-])c2C)cc1. The highest BCUT2D eigenvalue weighted by Crippen LogP contribution is 2.24. The van der Waals surface area contributed by atoms with Crippen molar-refractivity contribution in [2.24, 2.45) is 0 Å². The molecule has 12 nitrogen and oxygen atoms in total. The molecule has 0 atom stereocenters. The summed E-state index contributed by atoms with van der Waals surface area (Å²) in [6, 6.07) is 9.62. The highest BCUT2D eigenvalue weighted by atomic mass is 32.2. The zero-order valence-electron chi connectivity index (χ0n) is 17.8. The van der Waals surface area contributed by atoms with Gasteiger partial charge in [-0.15, -0.1) is 0 Å². The number of rotatable bonds is 10. The number of nitrogens with zero attached hydrogens (tertiary/aromatic N) is 1. The van der Waals surface area contributed by atoms with Crippen LogP contribution in [-0.4, -0.2) is 44.3 Å². The van der Waals surface area contributed by atoms with Crippen LogP contribution in [0.2, 0.25) is 0 Å². The molecule has 0 bridgehead atoms. The average molecular weight is 478 g/mol. The Morgan fingerprint density at radius 1 is 1.06 bits per heavy atom. The lowest BCUT2D eigenvalue weighted by atomic mass is 10.1. The van der Waals surface area contributed by atoms with Crippen molar-refractivity contribution in [3.63, 3.8) is 0 Å². The molecule has 0 saturated heterocycles. The van der Waals surface area contributed by atoms with Gasteiger partial charge in [-0.3, -0.25) is 24.5 Å². The van der Waals surface area contributed by atoms with Crippen molar-refractivity contribution in [3.05, 3.63) is 58.1 Å². The smallest absolute Gasteiger partial charge is 0.307 e. The monoisotopic (exact) mass is 478 g/mol. The zero-order valence-corrected chi connectivity index (χ0v) is 18.6. The Bertz CT molecular complexity index is 1160. The molecular weight excluding hydrogens is 456 g/mol. The molecule has 0 spiro atoms. The van der Waals surface area contributed by atoms with Crippen LogP contribution in [0.3, 0.4) is 0 Å². The van der Waals surface area contributed by atoms with Crippen LogP contribution in [0, 0.1) is 17.0 Å². The highest BCUT2D eigenvalue weighted by molar-refractivity contribution is 7.89. The number of ether oxygens (including phenoxy) is 1. The van der Waals surface area contributed by atoms with Crippen molar-refractivity contribution in [2.75, 3.05) is 23.8 Å². The van der Waals surface area contributed by atoms with Crippen LogP contribution >= 0.6 is 0 Å². The average Bonchev–Trinajstić information content (AvgIpc) is 2.73. The summed E-state index contributed by atoms with van der Waals surface area (Å²) >= 11 is 0. The maximum atomic E-state index is 12.3. The topological polar surface area (TPSA) is 174 Å². The summed E-state index contributed by atoms with van der Waals surface area (Å²) < 4.78 is 31.6. The molecule has 3 N–H and O–H groups in total. The van der Waals surface area contributed by atoms with Gasteiger partial charge >= 0.3 is 5.97 Å². The van der Waals surface area contributed by atoms with Crippen LogP contribution in [0.15, 0.2) is 47.4 Å². The zero-order chi connectivity index (χ0) is 24.6. The first-order chi connectivity index (χ1) is 15.5. The third-order valence-corrected chi connectivity index (χ3v) is 5.72. The van der Waals surface area contributed by atoms with Crippen molar-refractivity contribution in [2.45, 2.75) is 25.2 Å². The van der Waals surface area contributed by atoms with Gasteiger partial charge in [0.2, 0.25) is 15.9 Å². The molecule has 13 heteroatoms. The summed E-state index contributed by atoms with van der Waals surface area (Å²) in [6.45, 7) is 1.89. The number of nitro groups is 1. The molecule has 0 heterocycles. The predicted molar refractivity (Wildman–Crippen MR) is 118 cm³/mol. The number of anilines is 2. The van der Waals surface area contributed by atoms with E-state index in [2.05, 4.69) is 15.4 Å². The number of hydrogen-bond donors (Lipinski definition) is 3. The Balaban J connectivity index is 1.80. The summed E-state index contributed by atoms with van der Waals surface area (Å²) in [6.07, 6.45) is -0.327. The third-order valence-electron chi connectivity index (χ3n) is 4.25. The van der Waals surface area contributed by atoms with Gasteiger partial charge in [-0.1, -0.05) is 6.07 Å². The van der Waals surface area contributed by atoms with Gasteiger partial charge in [-0.05, 0) is 37.3 Å². The lowest BCUT2D eigenvalue weighted by Crippen LogP contribution is -2.28. The minimum atomic E-state index is -3.89. The number of nitrogens with one attached hydrogen (secondary N) is 3. The number of sulfonamides is 1. The number of benzene rings is 2. The van der Waals surface area contributed by atoms with Crippen LogP contribution in [0.4, 0.5) is 17.1 Å². The normalized spacial score (nSPS) is 10.8. The van der Waals surface area contributed by atoms with E-state index in [0.29, 0.717) is 5.69 Å². The molecule has 0 saturated carbocycles. The second-order valence-corrected chi connectivity index (χ2v) is 8.54. The van der Waals surface area contributed by atoms with E-state index in [4.69, 9.17) is 4.74 Å². The van der Waals surface area contributed by atoms with E-state index in [1.165, 1.54) is 56.3 Å². The second kappa shape index (κ2) is 11.2. The van der Waals surface area contributed by atoms with Crippen LogP contribution in [0.5, 0.6) is 0 Å². The van der Waals surface area contributed by atoms with E-state index in [0.717, 1.165) is 0 Å². The number of amides is 2. The van der Waals surface area contributed by atoms with Gasteiger partial charge in [-0.25, -0.2) is 13.1 Å². The molecular formula is C20H22N4O8S. The largest absolute Gasteiger partial charge is 0.456 e. The molecule has 0 aromatic heterocycles. The molecule has 0 unspecified atom stereocenters. The Morgan fingerprint density at radius 2 is 1.73 bits per heavy atom. The van der Waals surface area contributed by atoms with Crippen LogP contribution < -0.4 is 15.4 Å². The molecule has 0 aliphatic carbocycles. The van der Waals surface area contributed by atoms with Crippen molar-refractivity contribution < 1.29 is 32.5 Å². The van der Waals surface area contributed by atoms with Gasteiger partial charge in [0.25, 0.3) is 11.6 Å². The van der Waals surface area contributed by atoms with Crippen LogP contribution in [0.1, 0.15) is 18.9 Å². The fraction of sp³-hybridized carbons (Fsp3) is 0.250. The molecule has 0 aliphatic rings. The van der Waals surface area contributed by atoms with E-state index in [9.17, 15) is 32.9 Å². The van der Waals surface area contributed by atoms with Gasteiger partial charge in [0.05, 0.1) is 27.5 Å². The van der Waals surface area contributed by atoms with Crippen LogP contribution in [0.25, 0.3) is 0 Å². The molecule has 2 rings (SSSR count). The molecule has 176 valence electrons. The number of hydrogen-bond acceptors (Lipinski definition) is 8. The van der Waals surface area contributed by atoms with Crippen molar-refractivity contribution in [3.8, 4) is 0 Å². The summed E-state index contributed by atoms with van der Waals surface area (Å²) in [5, 5.41) is 15.9. The summed E-state index contributed by atoms with van der Waals surface area (Å²) in [4.78, 5) is 45.1. The number of carbonyl (C=O) groups excluding carboxylic acids is 3. The summed E-state index contributed by atoms with van der Waals surface area (Å²) in [7, 11) is -3.89. The first-order valence-corrected chi connectivity index (χ1v) is 11.0. The maximum absolute atomic E-state index is 12.3. The molecule has 0 aliphatic heterocycles. The van der Waals surface area contributed by atoms with Crippen LogP contribution in [-0.2, 0) is 29.1 Å². The minimum Gasteiger partial charge on any atom is -0.456 e. The first kappa shape index (κ1) is 25.4. The lowest BCUT2D eigenvalue weighted by Gasteiger charge is -2.10. The standard InChI is InChI=1S/C20H22N4O8S/c1-13-17(4-3-5-18(13)24(28)29)23-19(26)12-32-20(27)10-11-21-33(30,31)16-8-6-15(7-9-16)22-14(2)25/h3-9,21H,10-12H2,1-2H3,(H,22,25)(H,23,26). The fourth-order valence-corrected chi connectivity index (χ4v) is 3.68. The Morgan fingerprint density at radius 3 is 2.33 bits per heavy atom. The molecule has 33 heavy (non-hydrogen) atoms. The molecule has 0 radical (unpaired) electrons. The van der Waals surface area contributed by atoms with E-state index in [1.807, 2.05) is 0 Å². The van der Waals surface area contributed by atoms with Crippen molar-refractivity contribution in [1.82, 2.24) is 4.72 Å². The van der Waals surface area contributed by atoms with E-state index >= 15 is 0 Å². The highest BCUT2D eigenvalue weighted by Gasteiger charge is 2.17. The predicted octanol–water partition coefficient (Wildman–Crippen LogP) is 1.71. The summed E-state index contributed by atoms with van der Waals surface area (Å²) in [5.41, 5.74) is 0.731. The number of nitro benzene ring substituents is 1. The second-order valence-electron chi connectivity index (χ2n) is 6.77. The Kier molecular flexibility index (Phi) is 8.59. The summed E-state index contributed by atoms with van der Waals surface area (Å²) in [5.74, 6) is -1.81. The molecule has 2 amide bonds. The van der Waals surface area contributed by atoms with Gasteiger partial charge < -0.3 is 15.4 Å². The number of esters is 1. The third kappa shape index (κ3) is 7.66. The number of carbonyl (C=O) groups is 3. The van der Waals surface area contributed by atoms with E-state index < -0.39 is 33.4 Å². The molecule has 2 aromatic rings. The lowest BCUT2D eigenvalue weighted by molar-refractivity contribution is -0.385. The van der Waals surface area contributed by atoms with Gasteiger partial charge in [0, 0.05) is 25.2 Å². The quantitative estimate of drug-likeness (QED) is 0.263. The Labute approximate surface area is 189 Å².